The van der Waals surface area contributed by atoms with Crippen LogP contribution < -0.4 is 0 Å². The Bertz CT molecular complexity index is 321. The van der Waals surface area contributed by atoms with Crippen molar-refractivity contribution in [2.45, 2.75) is 20.8 Å². The fraction of sp³-hybridized carbons (Fsp3) is 0.250. The number of hydrogen-bond donors (Lipinski definition) is 0. The van der Waals surface area contributed by atoms with Gasteiger partial charge in [-0.3, -0.25) is 0 Å². The minimum absolute atomic E-state index is 0.691. The molecule has 0 unspecified atom stereocenters. The van der Waals surface area contributed by atoms with E-state index in [9.17, 15) is 0 Å². The van der Waals surface area contributed by atoms with Gasteiger partial charge < -0.3 is 4.42 Å². The second-order valence-electron chi connectivity index (χ2n) is 2.40. The van der Waals surface area contributed by atoms with E-state index < -0.39 is 0 Å². The predicted molar refractivity (Wildman–Crippen MR) is 61.8 cm³/mol. The standard InChI is InChI=1S/C10H11NO.C2H6/c1-4-8(3)6-9-10(5-2)12-7-11-9;1-2/h4-7H,1-2H2,3H3;1-2H3/b8-6-;. The smallest absolute Gasteiger partial charge is 0.181 e. The van der Waals surface area contributed by atoms with Crippen LogP contribution >= 0.6 is 0 Å². The van der Waals surface area contributed by atoms with E-state index in [1.54, 1.807) is 12.2 Å². The molecular formula is C12H17NO. The van der Waals surface area contributed by atoms with Crippen LogP contribution in [0.5, 0.6) is 0 Å². The molecule has 0 saturated heterocycles. The van der Waals surface area contributed by atoms with Gasteiger partial charge in [0.2, 0.25) is 0 Å². The van der Waals surface area contributed by atoms with Gasteiger partial charge >= 0.3 is 0 Å². The van der Waals surface area contributed by atoms with E-state index in [0.717, 1.165) is 11.3 Å². The van der Waals surface area contributed by atoms with Crippen LogP contribution in [-0.4, -0.2) is 4.98 Å². The fourth-order valence-corrected chi connectivity index (χ4v) is 0.800. The Kier molecular flexibility index (Phi) is 6.12. The zero-order valence-electron chi connectivity index (χ0n) is 9.08. The topological polar surface area (TPSA) is 26.0 Å². The summed E-state index contributed by atoms with van der Waals surface area (Å²) in [7, 11) is 0. The van der Waals surface area contributed by atoms with Crippen LogP contribution in [0.15, 0.2) is 35.6 Å². The monoisotopic (exact) mass is 191 g/mol. The average molecular weight is 191 g/mol. The van der Waals surface area contributed by atoms with E-state index in [1.165, 1.54) is 6.39 Å². The number of rotatable bonds is 3. The van der Waals surface area contributed by atoms with Crippen molar-refractivity contribution in [1.29, 1.82) is 0 Å². The van der Waals surface area contributed by atoms with Gasteiger partial charge in [-0.1, -0.05) is 33.1 Å². The molecule has 0 aliphatic carbocycles. The van der Waals surface area contributed by atoms with Crippen molar-refractivity contribution in [3.63, 3.8) is 0 Å². The Balaban J connectivity index is 0.000000791. The van der Waals surface area contributed by atoms with E-state index in [-0.39, 0.29) is 0 Å². The molecule has 0 fully saturated rings. The Labute approximate surface area is 85.7 Å². The van der Waals surface area contributed by atoms with Gasteiger partial charge in [0.25, 0.3) is 0 Å². The van der Waals surface area contributed by atoms with Gasteiger partial charge in [-0.2, -0.15) is 0 Å². The molecule has 0 N–H and O–H groups in total. The first kappa shape index (κ1) is 12.4. The molecule has 0 amide bonds. The highest BCUT2D eigenvalue weighted by molar-refractivity contribution is 5.60. The number of nitrogens with zero attached hydrogens (tertiary/aromatic N) is 1. The third kappa shape index (κ3) is 3.44. The highest BCUT2D eigenvalue weighted by Crippen LogP contribution is 2.12. The zero-order chi connectivity index (χ0) is 11.0. The Morgan fingerprint density at radius 2 is 2.07 bits per heavy atom. The lowest BCUT2D eigenvalue weighted by Gasteiger charge is -1.89. The second-order valence-corrected chi connectivity index (χ2v) is 2.40. The van der Waals surface area contributed by atoms with Crippen molar-refractivity contribution in [2.24, 2.45) is 0 Å². The number of allylic oxidation sites excluding steroid dienone is 2. The highest BCUT2D eigenvalue weighted by Gasteiger charge is 1.99. The molecule has 0 aliphatic heterocycles. The molecule has 76 valence electrons. The van der Waals surface area contributed by atoms with Gasteiger partial charge in [-0.05, 0) is 24.6 Å². The van der Waals surface area contributed by atoms with E-state index >= 15 is 0 Å². The summed E-state index contributed by atoms with van der Waals surface area (Å²) in [4.78, 5) is 4.01. The maximum atomic E-state index is 5.05. The van der Waals surface area contributed by atoms with Crippen molar-refractivity contribution < 1.29 is 4.42 Å². The zero-order valence-corrected chi connectivity index (χ0v) is 9.08. The summed E-state index contributed by atoms with van der Waals surface area (Å²) in [5.74, 6) is 0.691. The lowest BCUT2D eigenvalue weighted by atomic mass is 10.2. The lowest BCUT2D eigenvalue weighted by Crippen LogP contribution is -1.76. The predicted octanol–water partition coefficient (Wildman–Crippen LogP) is 3.93. The first-order valence-electron chi connectivity index (χ1n) is 4.64. The third-order valence-corrected chi connectivity index (χ3v) is 1.50. The number of hydrogen-bond acceptors (Lipinski definition) is 2. The van der Waals surface area contributed by atoms with Gasteiger partial charge in [-0.25, -0.2) is 4.98 Å². The molecule has 2 nitrogen and oxygen atoms in total. The summed E-state index contributed by atoms with van der Waals surface area (Å²) in [5.41, 5.74) is 1.84. The Morgan fingerprint density at radius 1 is 1.43 bits per heavy atom. The first-order chi connectivity index (χ1) is 6.77. The van der Waals surface area contributed by atoms with Crippen molar-refractivity contribution in [1.82, 2.24) is 4.98 Å². The SMILES string of the molecule is C=C/C(C)=C\c1ncoc1C=C.CC. The van der Waals surface area contributed by atoms with Crippen molar-refractivity contribution in [3.8, 4) is 0 Å². The number of oxazole rings is 1. The normalized spacial score (nSPS) is 10.1. The molecule has 0 aromatic carbocycles. The summed E-state index contributed by atoms with van der Waals surface area (Å²) in [6, 6.07) is 0. The maximum Gasteiger partial charge on any atom is 0.181 e. The molecule has 0 aliphatic rings. The van der Waals surface area contributed by atoms with Crippen LogP contribution in [0.25, 0.3) is 12.2 Å². The second kappa shape index (κ2) is 6.89. The summed E-state index contributed by atoms with van der Waals surface area (Å²) >= 11 is 0. The summed E-state index contributed by atoms with van der Waals surface area (Å²) < 4.78 is 5.05. The van der Waals surface area contributed by atoms with E-state index in [2.05, 4.69) is 18.1 Å². The fourth-order valence-electron chi connectivity index (χ4n) is 0.800. The first-order valence-corrected chi connectivity index (χ1v) is 4.64. The Hall–Kier alpha value is -1.57. The third-order valence-electron chi connectivity index (χ3n) is 1.50. The van der Waals surface area contributed by atoms with Gasteiger partial charge in [0, 0.05) is 0 Å². The molecule has 0 bridgehead atoms. The minimum Gasteiger partial charge on any atom is -0.444 e. The molecule has 1 heterocycles. The van der Waals surface area contributed by atoms with Crippen LogP contribution in [0.2, 0.25) is 0 Å². The van der Waals surface area contributed by atoms with Crippen molar-refractivity contribution in [3.05, 3.63) is 42.7 Å². The summed E-state index contributed by atoms with van der Waals surface area (Å²) in [6.45, 7) is 13.2. The average Bonchev–Trinajstić information content (AvgIpc) is 2.68. The van der Waals surface area contributed by atoms with Crippen LogP contribution in [-0.2, 0) is 0 Å². The molecule has 1 aromatic heterocycles. The van der Waals surface area contributed by atoms with E-state index in [1.807, 2.05) is 26.8 Å². The molecule has 14 heavy (non-hydrogen) atoms. The van der Waals surface area contributed by atoms with Crippen LogP contribution in [0.4, 0.5) is 0 Å². The summed E-state index contributed by atoms with van der Waals surface area (Å²) in [5, 5.41) is 0. The van der Waals surface area contributed by atoms with Gasteiger partial charge in [0.05, 0.1) is 0 Å². The quantitative estimate of drug-likeness (QED) is 0.676. The van der Waals surface area contributed by atoms with E-state index in [0.29, 0.717) is 5.76 Å². The molecule has 0 spiro atoms. The molecule has 0 atom stereocenters. The van der Waals surface area contributed by atoms with Crippen LogP contribution in [0, 0.1) is 0 Å². The van der Waals surface area contributed by atoms with Gasteiger partial charge in [0.15, 0.2) is 12.2 Å². The lowest BCUT2D eigenvalue weighted by molar-refractivity contribution is 0.548. The van der Waals surface area contributed by atoms with Gasteiger partial charge in [0.1, 0.15) is 5.69 Å². The maximum absolute atomic E-state index is 5.05. The van der Waals surface area contributed by atoms with Crippen LogP contribution in [0.3, 0.4) is 0 Å². The highest BCUT2D eigenvalue weighted by atomic mass is 16.3. The van der Waals surface area contributed by atoms with Crippen LogP contribution in [0.1, 0.15) is 32.2 Å². The van der Waals surface area contributed by atoms with Crippen molar-refractivity contribution in [2.75, 3.05) is 0 Å². The molecule has 1 rings (SSSR count). The molecule has 2 heteroatoms. The summed E-state index contributed by atoms with van der Waals surface area (Å²) in [6.07, 6.45) is 6.70. The molecule has 0 saturated carbocycles. The van der Waals surface area contributed by atoms with E-state index in [4.69, 9.17) is 4.42 Å². The minimum atomic E-state index is 0.691. The largest absolute Gasteiger partial charge is 0.444 e. The van der Waals surface area contributed by atoms with Crippen molar-refractivity contribution >= 4 is 12.2 Å². The number of aromatic nitrogens is 1. The Morgan fingerprint density at radius 3 is 2.57 bits per heavy atom. The van der Waals surface area contributed by atoms with Gasteiger partial charge in [-0.15, -0.1) is 0 Å². The molecular weight excluding hydrogens is 174 g/mol. The molecule has 1 aromatic rings. The molecule has 0 radical (unpaired) electrons.